The van der Waals surface area contributed by atoms with Crippen molar-refractivity contribution in [3.8, 4) is 0 Å². The molecule has 8 heteroatoms. The largest absolute Gasteiger partial charge is 0.428 e. The molecule has 31 heavy (non-hydrogen) atoms. The molecular weight excluding hydrogens is 422 g/mol. The minimum Gasteiger partial charge on any atom is -0.372 e. The van der Waals surface area contributed by atoms with Crippen molar-refractivity contribution in [2.75, 3.05) is 0 Å². The number of allylic oxidation sites excluding steroid dienone is 1. The van der Waals surface area contributed by atoms with Gasteiger partial charge >= 0.3 is 12.4 Å². The van der Waals surface area contributed by atoms with E-state index in [0.717, 1.165) is 5.39 Å². The fraction of sp³-hybridized carbons (Fsp3) is 0.478. The van der Waals surface area contributed by atoms with Crippen LogP contribution in [0.2, 0.25) is 0 Å². The molecule has 1 atom stereocenters. The summed E-state index contributed by atoms with van der Waals surface area (Å²) in [5.41, 5.74) is -4.92. The molecule has 2 nitrogen and oxygen atoms in total. The maximum Gasteiger partial charge on any atom is 0.428 e. The van der Waals surface area contributed by atoms with E-state index >= 15 is 0 Å². The van der Waals surface area contributed by atoms with Gasteiger partial charge in [0.1, 0.15) is 6.10 Å². The van der Waals surface area contributed by atoms with Gasteiger partial charge in [-0.25, -0.2) is 0 Å². The molecule has 0 aliphatic rings. The lowest BCUT2D eigenvalue weighted by molar-refractivity contribution is -0.400. The second-order valence-corrected chi connectivity index (χ2v) is 7.71. The highest BCUT2D eigenvalue weighted by Crippen LogP contribution is 2.50. The van der Waals surface area contributed by atoms with Gasteiger partial charge in [-0.05, 0) is 48.6 Å². The monoisotopic (exact) mass is 448 g/mol. The van der Waals surface area contributed by atoms with E-state index in [4.69, 9.17) is 4.74 Å². The Kier molecular flexibility index (Phi) is 6.88. The standard InChI is InChI=1S/C23H26F6O2/c1-6-20(7-2,31-15(5)21(30,22(24,25)26)23(27,28)29)19-17(14(3)4)13-12-16-10-8-9-11-18(16)19/h8-13,15,30H,3,6-7H2,1-2,4-5H3. The first-order chi connectivity index (χ1) is 14.2. The Morgan fingerprint density at radius 1 is 0.968 bits per heavy atom. The number of aliphatic hydroxyl groups is 1. The minimum absolute atomic E-state index is 0.0773. The summed E-state index contributed by atoms with van der Waals surface area (Å²) in [5, 5.41) is 11.2. The number of alkyl halides is 6. The van der Waals surface area contributed by atoms with Crippen molar-refractivity contribution in [2.24, 2.45) is 0 Å². The van der Waals surface area contributed by atoms with Crippen LogP contribution < -0.4 is 0 Å². The number of rotatable bonds is 7. The topological polar surface area (TPSA) is 29.5 Å². The molecule has 0 aromatic heterocycles. The Balaban J connectivity index is 2.78. The zero-order valence-corrected chi connectivity index (χ0v) is 17.8. The molecule has 1 N–H and O–H groups in total. The summed E-state index contributed by atoms with van der Waals surface area (Å²) in [7, 11) is 0. The van der Waals surface area contributed by atoms with E-state index < -0.39 is 29.7 Å². The SMILES string of the molecule is C=C(C)c1ccc2ccccc2c1C(CC)(CC)OC(C)C(O)(C(F)(F)F)C(F)(F)F. The van der Waals surface area contributed by atoms with Gasteiger partial charge in [-0.15, -0.1) is 0 Å². The second kappa shape index (κ2) is 8.47. The maximum absolute atomic E-state index is 13.4. The molecule has 0 bridgehead atoms. The first kappa shape index (κ1) is 25.2. The first-order valence-corrected chi connectivity index (χ1v) is 9.88. The lowest BCUT2D eigenvalue weighted by atomic mass is 9.79. The van der Waals surface area contributed by atoms with Gasteiger partial charge in [0.25, 0.3) is 5.60 Å². The average Bonchev–Trinajstić information content (AvgIpc) is 2.68. The van der Waals surface area contributed by atoms with E-state index in [1.54, 1.807) is 51.1 Å². The molecule has 0 aliphatic carbocycles. The van der Waals surface area contributed by atoms with Crippen LogP contribution in [0.3, 0.4) is 0 Å². The van der Waals surface area contributed by atoms with E-state index in [-0.39, 0.29) is 12.8 Å². The summed E-state index contributed by atoms with van der Waals surface area (Å²) >= 11 is 0. The fourth-order valence-electron chi connectivity index (χ4n) is 3.99. The molecule has 0 saturated heterocycles. The van der Waals surface area contributed by atoms with Crippen molar-refractivity contribution in [1.29, 1.82) is 0 Å². The van der Waals surface area contributed by atoms with Gasteiger partial charge in [0.2, 0.25) is 0 Å². The highest BCUT2D eigenvalue weighted by Gasteiger charge is 2.74. The van der Waals surface area contributed by atoms with Crippen LogP contribution in [0.15, 0.2) is 43.0 Å². The molecule has 0 fully saturated rings. The van der Waals surface area contributed by atoms with Crippen molar-refractivity contribution in [1.82, 2.24) is 0 Å². The van der Waals surface area contributed by atoms with Gasteiger partial charge in [-0.3, -0.25) is 0 Å². The van der Waals surface area contributed by atoms with Crippen LogP contribution in [-0.4, -0.2) is 29.2 Å². The Morgan fingerprint density at radius 3 is 1.94 bits per heavy atom. The lowest BCUT2D eigenvalue weighted by Gasteiger charge is -2.43. The first-order valence-electron chi connectivity index (χ1n) is 9.88. The fourth-order valence-corrected chi connectivity index (χ4v) is 3.99. The van der Waals surface area contributed by atoms with Gasteiger partial charge in [0.05, 0.1) is 5.60 Å². The van der Waals surface area contributed by atoms with Gasteiger partial charge in [0, 0.05) is 0 Å². The third-order valence-corrected chi connectivity index (χ3v) is 5.84. The molecule has 0 radical (unpaired) electrons. The number of ether oxygens (including phenoxy) is 1. The van der Waals surface area contributed by atoms with Gasteiger partial charge < -0.3 is 9.84 Å². The third-order valence-electron chi connectivity index (χ3n) is 5.84. The predicted molar refractivity (Wildman–Crippen MR) is 109 cm³/mol. The molecule has 0 spiro atoms. The molecule has 0 saturated carbocycles. The van der Waals surface area contributed by atoms with Crippen molar-refractivity contribution >= 4 is 16.3 Å². The van der Waals surface area contributed by atoms with Crippen molar-refractivity contribution in [3.05, 3.63) is 54.1 Å². The highest BCUT2D eigenvalue weighted by atomic mass is 19.4. The molecule has 2 aromatic rings. The van der Waals surface area contributed by atoms with Crippen molar-refractivity contribution in [3.63, 3.8) is 0 Å². The number of hydrogen-bond donors (Lipinski definition) is 1. The summed E-state index contributed by atoms with van der Waals surface area (Å²) in [6, 6.07) is 10.6. The highest BCUT2D eigenvalue weighted by molar-refractivity contribution is 5.91. The van der Waals surface area contributed by atoms with Crippen molar-refractivity contribution in [2.45, 2.75) is 70.2 Å². The van der Waals surface area contributed by atoms with E-state index in [0.29, 0.717) is 29.0 Å². The quantitative estimate of drug-likeness (QED) is 0.456. The summed E-state index contributed by atoms with van der Waals surface area (Å²) in [4.78, 5) is 0. The average molecular weight is 448 g/mol. The second-order valence-electron chi connectivity index (χ2n) is 7.71. The van der Waals surface area contributed by atoms with Crippen LogP contribution in [-0.2, 0) is 10.3 Å². The zero-order chi connectivity index (χ0) is 23.8. The Bertz CT molecular complexity index is 927. The molecule has 172 valence electrons. The molecule has 0 heterocycles. The summed E-state index contributed by atoms with van der Waals surface area (Å²) in [6.45, 7) is 9.47. The van der Waals surface area contributed by atoms with Crippen molar-refractivity contribution < 1.29 is 36.2 Å². The Labute approximate surface area is 177 Å². The minimum atomic E-state index is -5.98. The van der Waals surface area contributed by atoms with Crippen LogP contribution in [0.25, 0.3) is 16.3 Å². The lowest BCUT2D eigenvalue weighted by Crippen LogP contribution is -2.65. The van der Waals surface area contributed by atoms with Crippen LogP contribution in [0.5, 0.6) is 0 Å². The summed E-state index contributed by atoms with van der Waals surface area (Å²) in [5.74, 6) is 0. The molecule has 1 unspecified atom stereocenters. The smallest absolute Gasteiger partial charge is 0.372 e. The van der Waals surface area contributed by atoms with E-state index in [1.165, 1.54) is 0 Å². The van der Waals surface area contributed by atoms with Crippen LogP contribution in [0.4, 0.5) is 26.3 Å². The Morgan fingerprint density at radius 2 is 1.48 bits per heavy atom. The number of hydrogen-bond acceptors (Lipinski definition) is 2. The van der Waals surface area contributed by atoms with Gasteiger partial charge in [-0.1, -0.05) is 62.4 Å². The number of halogens is 6. The third kappa shape index (κ3) is 4.20. The molecule has 2 rings (SSSR count). The summed E-state index contributed by atoms with van der Waals surface area (Å²) < 4.78 is 86.2. The van der Waals surface area contributed by atoms with Gasteiger partial charge in [0.15, 0.2) is 0 Å². The maximum atomic E-state index is 13.4. The van der Waals surface area contributed by atoms with E-state index in [1.807, 2.05) is 6.07 Å². The number of benzene rings is 2. The molecule has 0 amide bonds. The zero-order valence-electron chi connectivity index (χ0n) is 17.8. The van der Waals surface area contributed by atoms with E-state index in [9.17, 15) is 31.4 Å². The van der Waals surface area contributed by atoms with Crippen LogP contribution in [0, 0.1) is 0 Å². The molecule has 2 aromatic carbocycles. The molecular formula is C23H26F6O2. The van der Waals surface area contributed by atoms with Gasteiger partial charge in [-0.2, -0.15) is 26.3 Å². The Hall–Kier alpha value is -2.06. The van der Waals surface area contributed by atoms with E-state index in [2.05, 4.69) is 6.58 Å². The van der Waals surface area contributed by atoms with Crippen LogP contribution in [0.1, 0.15) is 51.7 Å². The number of fused-ring (bicyclic) bond motifs is 1. The normalized spacial score (nSPS) is 14.7. The summed E-state index contributed by atoms with van der Waals surface area (Å²) in [6.07, 6.45) is -14.4. The molecule has 0 aliphatic heterocycles. The predicted octanol–water partition coefficient (Wildman–Crippen LogP) is 7.15. The van der Waals surface area contributed by atoms with Crippen LogP contribution >= 0.6 is 0 Å².